The van der Waals surface area contributed by atoms with Gasteiger partial charge in [0.15, 0.2) is 6.61 Å². The summed E-state index contributed by atoms with van der Waals surface area (Å²) >= 11 is 0. The minimum atomic E-state index is -0.0230. The predicted octanol–water partition coefficient (Wildman–Crippen LogP) is 2.48. The standard InChI is InChI=1S/C19H28N2O3/c1-4-16(5-2)19(23)21-12-10-20(11-13-21)18(22)14-24-17-8-6-15(3)7-9-17/h6-9,16H,4-5,10-14H2,1-3H3. The fraction of sp³-hybridized carbons (Fsp3) is 0.579. The topological polar surface area (TPSA) is 49.9 Å². The van der Waals surface area contributed by atoms with E-state index in [1.54, 1.807) is 4.90 Å². The minimum Gasteiger partial charge on any atom is -0.484 e. The molecule has 1 heterocycles. The highest BCUT2D eigenvalue weighted by atomic mass is 16.5. The van der Waals surface area contributed by atoms with Gasteiger partial charge in [0.2, 0.25) is 5.91 Å². The second-order valence-electron chi connectivity index (χ2n) is 6.32. The predicted molar refractivity (Wildman–Crippen MR) is 93.9 cm³/mol. The molecule has 24 heavy (non-hydrogen) atoms. The third-order valence-corrected chi connectivity index (χ3v) is 4.66. The molecule has 0 aromatic heterocycles. The summed E-state index contributed by atoms with van der Waals surface area (Å²) in [5, 5.41) is 0. The van der Waals surface area contributed by atoms with Gasteiger partial charge in [-0.2, -0.15) is 0 Å². The molecule has 0 atom stereocenters. The lowest BCUT2D eigenvalue weighted by Gasteiger charge is -2.36. The monoisotopic (exact) mass is 332 g/mol. The summed E-state index contributed by atoms with van der Waals surface area (Å²) in [7, 11) is 0. The molecule has 0 aliphatic carbocycles. The molecule has 132 valence electrons. The molecule has 1 aromatic rings. The Kier molecular flexibility index (Phi) is 6.64. The summed E-state index contributed by atoms with van der Waals surface area (Å²) in [5.74, 6) is 1.02. The Balaban J connectivity index is 1.78. The van der Waals surface area contributed by atoms with Gasteiger partial charge < -0.3 is 14.5 Å². The SMILES string of the molecule is CCC(CC)C(=O)N1CCN(C(=O)COc2ccc(C)cc2)CC1. The van der Waals surface area contributed by atoms with E-state index in [2.05, 4.69) is 0 Å². The van der Waals surface area contributed by atoms with Crippen molar-refractivity contribution in [2.24, 2.45) is 5.92 Å². The molecular weight excluding hydrogens is 304 g/mol. The van der Waals surface area contributed by atoms with Crippen LogP contribution >= 0.6 is 0 Å². The molecule has 2 rings (SSSR count). The van der Waals surface area contributed by atoms with E-state index in [1.807, 2.05) is 49.9 Å². The number of carbonyl (C=O) groups is 2. The molecule has 0 saturated carbocycles. The Morgan fingerprint density at radius 2 is 1.54 bits per heavy atom. The van der Waals surface area contributed by atoms with Gasteiger partial charge in [-0.3, -0.25) is 9.59 Å². The smallest absolute Gasteiger partial charge is 0.260 e. The molecule has 2 amide bonds. The third-order valence-electron chi connectivity index (χ3n) is 4.66. The number of hydrogen-bond acceptors (Lipinski definition) is 3. The van der Waals surface area contributed by atoms with E-state index in [0.29, 0.717) is 31.9 Å². The molecule has 1 aromatic carbocycles. The van der Waals surface area contributed by atoms with Crippen molar-refractivity contribution >= 4 is 11.8 Å². The molecule has 5 heteroatoms. The van der Waals surface area contributed by atoms with Crippen molar-refractivity contribution in [1.29, 1.82) is 0 Å². The van der Waals surface area contributed by atoms with Crippen LogP contribution in [0.1, 0.15) is 32.3 Å². The van der Waals surface area contributed by atoms with Crippen LogP contribution in [0.5, 0.6) is 5.75 Å². The summed E-state index contributed by atoms with van der Waals surface area (Å²) < 4.78 is 5.55. The molecule has 0 unspecified atom stereocenters. The highest BCUT2D eigenvalue weighted by molar-refractivity contribution is 5.80. The number of amides is 2. The first kappa shape index (κ1) is 18.3. The fourth-order valence-corrected chi connectivity index (χ4v) is 2.94. The lowest BCUT2D eigenvalue weighted by molar-refractivity contribution is -0.143. The maximum atomic E-state index is 12.4. The van der Waals surface area contributed by atoms with Crippen molar-refractivity contribution < 1.29 is 14.3 Å². The van der Waals surface area contributed by atoms with E-state index in [4.69, 9.17) is 4.74 Å². The van der Waals surface area contributed by atoms with Crippen molar-refractivity contribution in [3.05, 3.63) is 29.8 Å². The van der Waals surface area contributed by atoms with Crippen molar-refractivity contribution in [2.45, 2.75) is 33.6 Å². The average Bonchev–Trinajstić information content (AvgIpc) is 2.62. The largest absolute Gasteiger partial charge is 0.484 e. The number of piperazine rings is 1. The summed E-state index contributed by atoms with van der Waals surface area (Å²) in [5.41, 5.74) is 1.16. The molecular formula is C19H28N2O3. The second-order valence-corrected chi connectivity index (χ2v) is 6.32. The van der Waals surface area contributed by atoms with Crippen molar-refractivity contribution in [2.75, 3.05) is 32.8 Å². The van der Waals surface area contributed by atoms with E-state index >= 15 is 0 Å². The summed E-state index contributed by atoms with van der Waals surface area (Å²) in [4.78, 5) is 28.3. The van der Waals surface area contributed by atoms with Crippen LogP contribution in [0.4, 0.5) is 0 Å². The van der Waals surface area contributed by atoms with Gasteiger partial charge in [0.25, 0.3) is 5.91 Å². The van der Waals surface area contributed by atoms with Crippen LogP contribution in [0.3, 0.4) is 0 Å². The number of benzene rings is 1. The maximum absolute atomic E-state index is 12.4. The lowest BCUT2D eigenvalue weighted by atomic mass is 10.0. The number of hydrogen-bond donors (Lipinski definition) is 0. The Morgan fingerprint density at radius 1 is 1.00 bits per heavy atom. The van der Waals surface area contributed by atoms with Gasteiger partial charge in [0, 0.05) is 32.1 Å². The summed E-state index contributed by atoms with van der Waals surface area (Å²) in [6.45, 7) is 8.56. The molecule has 0 spiro atoms. The number of aryl methyl sites for hydroxylation is 1. The maximum Gasteiger partial charge on any atom is 0.260 e. The molecule has 5 nitrogen and oxygen atoms in total. The van der Waals surface area contributed by atoms with Gasteiger partial charge in [-0.15, -0.1) is 0 Å². The van der Waals surface area contributed by atoms with E-state index in [-0.39, 0.29) is 24.3 Å². The van der Waals surface area contributed by atoms with Gasteiger partial charge in [0.05, 0.1) is 0 Å². The highest BCUT2D eigenvalue weighted by Gasteiger charge is 2.27. The Morgan fingerprint density at radius 3 is 2.08 bits per heavy atom. The highest BCUT2D eigenvalue weighted by Crippen LogP contribution is 2.15. The van der Waals surface area contributed by atoms with E-state index in [0.717, 1.165) is 18.4 Å². The summed E-state index contributed by atoms with van der Waals surface area (Å²) in [6.07, 6.45) is 1.75. The number of nitrogens with zero attached hydrogens (tertiary/aromatic N) is 2. The first-order chi connectivity index (χ1) is 11.5. The number of carbonyl (C=O) groups excluding carboxylic acids is 2. The average molecular weight is 332 g/mol. The van der Waals surface area contributed by atoms with Gasteiger partial charge in [-0.05, 0) is 31.9 Å². The molecule has 1 saturated heterocycles. The fourth-order valence-electron chi connectivity index (χ4n) is 2.94. The van der Waals surface area contributed by atoms with Gasteiger partial charge in [-0.25, -0.2) is 0 Å². The molecule has 0 N–H and O–H groups in total. The zero-order valence-electron chi connectivity index (χ0n) is 15.0. The Bertz CT molecular complexity index is 544. The lowest BCUT2D eigenvalue weighted by Crippen LogP contribution is -2.52. The van der Waals surface area contributed by atoms with E-state index in [9.17, 15) is 9.59 Å². The first-order valence-corrected chi connectivity index (χ1v) is 8.81. The van der Waals surface area contributed by atoms with Gasteiger partial charge >= 0.3 is 0 Å². The number of rotatable bonds is 6. The molecule has 0 bridgehead atoms. The van der Waals surface area contributed by atoms with Crippen LogP contribution in [0.2, 0.25) is 0 Å². The molecule has 1 aliphatic heterocycles. The van der Waals surface area contributed by atoms with Crippen LogP contribution in [-0.2, 0) is 9.59 Å². The Labute approximate surface area is 144 Å². The molecule has 1 fully saturated rings. The van der Waals surface area contributed by atoms with Gasteiger partial charge in [0.1, 0.15) is 5.75 Å². The quantitative estimate of drug-likeness (QED) is 0.804. The first-order valence-electron chi connectivity index (χ1n) is 8.81. The van der Waals surface area contributed by atoms with E-state index < -0.39 is 0 Å². The van der Waals surface area contributed by atoms with Crippen LogP contribution in [0.25, 0.3) is 0 Å². The van der Waals surface area contributed by atoms with Crippen LogP contribution in [0, 0.1) is 12.8 Å². The zero-order valence-corrected chi connectivity index (χ0v) is 15.0. The minimum absolute atomic E-state index is 0.0230. The number of ether oxygens (including phenoxy) is 1. The molecule has 0 radical (unpaired) electrons. The van der Waals surface area contributed by atoms with Crippen molar-refractivity contribution in [1.82, 2.24) is 9.80 Å². The third kappa shape index (κ3) is 4.73. The summed E-state index contributed by atoms with van der Waals surface area (Å²) in [6, 6.07) is 7.66. The Hall–Kier alpha value is -2.04. The zero-order chi connectivity index (χ0) is 17.5. The molecule has 1 aliphatic rings. The van der Waals surface area contributed by atoms with Crippen LogP contribution in [-0.4, -0.2) is 54.4 Å². The van der Waals surface area contributed by atoms with Crippen molar-refractivity contribution in [3.63, 3.8) is 0 Å². The van der Waals surface area contributed by atoms with Crippen LogP contribution < -0.4 is 4.74 Å². The van der Waals surface area contributed by atoms with Crippen molar-refractivity contribution in [3.8, 4) is 5.75 Å². The van der Waals surface area contributed by atoms with Crippen LogP contribution in [0.15, 0.2) is 24.3 Å². The second kappa shape index (κ2) is 8.71. The normalized spacial score (nSPS) is 14.8. The van der Waals surface area contributed by atoms with E-state index in [1.165, 1.54) is 0 Å². The van der Waals surface area contributed by atoms with Gasteiger partial charge in [-0.1, -0.05) is 31.5 Å².